The van der Waals surface area contributed by atoms with Gasteiger partial charge in [0, 0.05) is 18.9 Å². The summed E-state index contributed by atoms with van der Waals surface area (Å²) < 4.78 is 22.7. The predicted octanol–water partition coefficient (Wildman–Crippen LogP) is 3.13. The summed E-state index contributed by atoms with van der Waals surface area (Å²) in [5, 5.41) is 5.64. The number of aromatic nitrogens is 4. The van der Waals surface area contributed by atoms with Crippen LogP contribution < -0.4 is 10.6 Å². The SMILES string of the molecule is CCC1(C)O[C@@H](n2cnc3c(NC)nc(NC(=O)C(C)C)nc32)[C@@H](F)[C@@H]1C. The Bertz CT molecular complexity index is 854. The number of ether oxygens (including phenoxy) is 1. The monoisotopic (exact) mass is 378 g/mol. The van der Waals surface area contributed by atoms with Crippen LogP contribution in [0.15, 0.2) is 6.33 Å². The molecule has 0 saturated carbocycles. The fraction of sp³-hybridized carbons (Fsp3) is 0.667. The Hall–Kier alpha value is -2.29. The lowest BCUT2D eigenvalue weighted by molar-refractivity contribution is -0.118. The van der Waals surface area contributed by atoms with Gasteiger partial charge >= 0.3 is 0 Å². The lowest BCUT2D eigenvalue weighted by Gasteiger charge is -2.26. The Kier molecular flexibility index (Phi) is 5.07. The highest BCUT2D eigenvalue weighted by molar-refractivity contribution is 5.92. The van der Waals surface area contributed by atoms with Gasteiger partial charge < -0.3 is 10.1 Å². The average Bonchev–Trinajstić information content (AvgIpc) is 3.16. The molecule has 1 amide bonds. The number of carbonyl (C=O) groups excluding carboxylic acids is 1. The van der Waals surface area contributed by atoms with Gasteiger partial charge in [0.05, 0.1) is 11.9 Å². The number of hydrogen-bond donors (Lipinski definition) is 2. The first-order chi connectivity index (χ1) is 12.7. The number of hydrogen-bond acceptors (Lipinski definition) is 6. The smallest absolute Gasteiger partial charge is 0.233 e. The van der Waals surface area contributed by atoms with Crippen molar-refractivity contribution in [1.82, 2.24) is 19.5 Å². The zero-order chi connectivity index (χ0) is 19.9. The van der Waals surface area contributed by atoms with E-state index in [1.165, 1.54) is 6.33 Å². The van der Waals surface area contributed by atoms with Crippen molar-refractivity contribution in [2.24, 2.45) is 11.8 Å². The lowest BCUT2D eigenvalue weighted by Crippen LogP contribution is -2.31. The minimum absolute atomic E-state index is 0.145. The van der Waals surface area contributed by atoms with E-state index in [1.54, 1.807) is 25.5 Å². The Labute approximate surface area is 157 Å². The summed E-state index contributed by atoms with van der Waals surface area (Å²) in [5.74, 6) is -0.0814. The topological polar surface area (TPSA) is 94.0 Å². The van der Waals surface area contributed by atoms with E-state index in [-0.39, 0.29) is 23.7 Å². The van der Waals surface area contributed by atoms with E-state index in [1.807, 2.05) is 20.8 Å². The van der Waals surface area contributed by atoms with Crippen molar-refractivity contribution < 1.29 is 13.9 Å². The molecule has 148 valence electrons. The molecular formula is C18H27FN6O2. The van der Waals surface area contributed by atoms with Crippen molar-refractivity contribution in [3.63, 3.8) is 0 Å². The zero-order valence-corrected chi connectivity index (χ0v) is 16.6. The highest BCUT2D eigenvalue weighted by Crippen LogP contribution is 2.45. The maximum absolute atomic E-state index is 15.1. The molecule has 0 aliphatic carbocycles. The van der Waals surface area contributed by atoms with Crippen LogP contribution >= 0.6 is 0 Å². The van der Waals surface area contributed by atoms with Crippen LogP contribution in [0.25, 0.3) is 11.2 Å². The Morgan fingerprint density at radius 2 is 2.15 bits per heavy atom. The maximum atomic E-state index is 15.1. The number of halogens is 1. The van der Waals surface area contributed by atoms with Crippen LogP contribution in [-0.2, 0) is 9.53 Å². The molecule has 3 heterocycles. The molecule has 1 fully saturated rings. The standard InChI is InChI=1S/C18H27FN6O2/c1-7-18(5)10(4)11(19)16(27-18)25-8-21-12-13(20-6)22-17(23-14(12)25)24-15(26)9(2)3/h8-11,16H,7H2,1-6H3,(H2,20,22,23,24,26)/t10-,11-,16+,18?/m0/s1. The van der Waals surface area contributed by atoms with Crippen LogP contribution in [0.1, 0.15) is 47.3 Å². The number of nitrogens with zero attached hydrogens (tertiary/aromatic N) is 4. The van der Waals surface area contributed by atoms with Gasteiger partial charge in [-0.25, -0.2) is 9.37 Å². The van der Waals surface area contributed by atoms with E-state index in [2.05, 4.69) is 25.6 Å². The van der Waals surface area contributed by atoms with Crippen LogP contribution in [0.2, 0.25) is 0 Å². The van der Waals surface area contributed by atoms with Crippen LogP contribution in [0.5, 0.6) is 0 Å². The molecule has 0 bridgehead atoms. The molecular weight excluding hydrogens is 351 g/mol. The molecule has 2 aromatic heterocycles. The van der Waals surface area contributed by atoms with Crippen molar-refractivity contribution >= 4 is 28.8 Å². The molecule has 3 rings (SSSR count). The summed E-state index contributed by atoms with van der Waals surface area (Å²) >= 11 is 0. The molecule has 8 nitrogen and oxygen atoms in total. The number of nitrogens with one attached hydrogen (secondary N) is 2. The highest BCUT2D eigenvalue weighted by Gasteiger charge is 2.50. The molecule has 2 N–H and O–H groups in total. The van der Waals surface area contributed by atoms with Gasteiger partial charge in [-0.1, -0.05) is 27.7 Å². The average molecular weight is 378 g/mol. The molecule has 0 spiro atoms. The first kappa shape index (κ1) is 19.5. The van der Waals surface area contributed by atoms with Gasteiger partial charge in [-0.3, -0.25) is 14.7 Å². The number of rotatable bonds is 5. The number of alkyl halides is 1. The van der Waals surface area contributed by atoms with Crippen LogP contribution in [0.4, 0.5) is 16.2 Å². The molecule has 0 aromatic carbocycles. The van der Waals surface area contributed by atoms with E-state index >= 15 is 4.39 Å². The summed E-state index contributed by atoms with van der Waals surface area (Å²) in [6, 6.07) is 0. The Morgan fingerprint density at radius 3 is 2.70 bits per heavy atom. The molecule has 27 heavy (non-hydrogen) atoms. The van der Waals surface area contributed by atoms with Gasteiger partial charge in [0.1, 0.15) is 0 Å². The molecule has 1 aliphatic rings. The lowest BCUT2D eigenvalue weighted by atomic mass is 9.87. The summed E-state index contributed by atoms with van der Waals surface area (Å²) in [6.07, 6.45) is 0.182. The van der Waals surface area contributed by atoms with E-state index in [0.717, 1.165) is 0 Å². The summed E-state index contributed by atoms with van der Waals surface area (Å²) in [7, 11) is 1.70. The molecule has 2 aromatic rings. The van der Waals surface area contributed by atoms with Gasteiger partial charge in [0.25, 0.3) is 0 Å². The summed E-state index contributed by atoms with van der Waals surface area (Å²) in [4.78, 5) is 25.1. The van der Waals surface area contributed by atoms with Crippen LogP contribution in [0, 0.1) is 11.8 Å². The number of anilines is 2. The second-order valence-electron chi connectivity index (χ2n) is 7.52. The fourth-order valence-corrected chi connectivity index (χ4v) is 3.23. The van der Waals surface area contributed by atoms with Gasteiger partial charge in [0.2, 0.25) is 11.9 Å². The zero-order valence-electron chi connectivity index (χ0n) is 16.6. The number of imidazole rings is 1. The maximum Gasteiger partial charge on any atom is 0.233 e. The van der Waals surface area contributed by atoms with Crippen molar-refractivity contribution in [3.8, 4) is 0 Å². The summed E-state index contributed by atoms with van der Waals surface area (Å²) in [5.41, 5.74) is 0.344. The Balaban J connectivity index is 2.06. The molecule has 0 radical (unpaired) electrons. The molecule has 4 atom stereocenters. The largest absolute Gasteiger partial charge is 0.371 e. The molecule has 9 heteroatoms. The number of fused-ring (bicyclic) bond motifs is 1. The second-order valence-corrected chi connectivity index (χ2v) is 7.52. The number of carbonyl (C=O) groups is 1. The van der Waals surface area contributed by atoms with Gasteiger partial charge in [-0.05, 0) is 13.3 Å². The predicted molar refractivity (Wildman–Crippen MR) is 101 cm³/mol. The van der Waals surface area contributed by atoms with Crippen LogP contribution in [0.3, 0.4) is 0 Å². The Morgan fingerprint density at radius 1 is 1.44 bits per heavy atom. The minimum atomic E-state index is -1.20. The normalized spacial score (nSPS) is 28.1. The number of amides is 1. The van der Waals surface area contributed by atoms with E-state index in [4.69, 9.17) is 4.74 Å². The first-order valence-electron chi connectivity index (χ1n) is 9.27. The molecule has 1 aliphatic heterocycles. The molecule has 1 saturated heterocycles. The third kappa shape index (κ3) is 3.24. The van der Waals surface area contributed by atoms with Gasteiger partial charge in [0.15, 0.2) is 29.4 Å². The minimum Gasteiger partial charge on any atom is -0.371 e. The van der Waals surface area contributed by atoms with Gasteiger partial charge in [-0.2, -0.15) is 9.97 Å². The van der Waals surface area contributed by atoms with E-state index in [0.29, 0.717) is 23.4 Å². The van der Waals surface area contributed by atoms with E-state index < -0.39 is 18.0 Å². The fourth-order valence-electron chi connectivity index (χ4n) is 3.23. The molecule has 1 unspecified atom stereocenters. The third-order valence-electron chi connectivity index (χ3n) is 5.50. The first-order valence-corrected chi connectivity index (χ1v) is 9.27. The third-order valence-corrected chi connectivity index (χ3v) is 5.50. The van der Waals surface area contributed by atoms with Crippen molar-refractivity contribution in [2.75, 3.05) is 17.7 Å². The van der Waals surface area contributed by atoms with Crippen molar-refractivity contribution in [2.45, 2.75) is 59.0 Å². The summed E-state index contributed by atoms with van der Waals surface area (Å²) in [6.45, 7) is 9.33. The van der Waals surface area contributed by atoms with Gasteiger partial charge in [-0.15, -0.1) is 0 Å². The van der Waals surface area contributed by atoms with E-state index in [9.17, 15) is 4.79 Å². The highest BCUT2D eigenvalue weighted by atomic mass is 19.1. The van der Waals surface area contributed by atoms with Crippen molar-refractivity contribution in [3.05, 3.63) is 6.33 Å². The quantitative estimate of drug-likeness (QED) is 0.830. The van der Waals surface area contributed by atoms with Crippen LogP contribution in [-0.4, -0.2) is 44.2 Å². The second kappa shape index (κ2) is 7.03. The van der Waals surface area contributed by atoms with Crippen molar-refractivity contribution in [1.29, 1.82) is 0 Å².